The van der Waals surface area contributed by atoms with Gasteiger partial charge in [0.05, 0.1) is 14.7 Å². The first-order valence-corrected chi connectivity index (χ1v) is 9.41. The fourth-order valence-electron chi connectivity index (χ4n) is 1.89. The van der Waals surface area contributed by atoms with Crippen LogP contribution in [0.2, 0.25) is 0 Å². The molecule has 126 valence electrons. The molecule has 9 heteroatoms. The molecule has 1 N–H and O–H groups in total. The highest BCUT2D eigenvalue weighted by Gasteiger charge is 2.19. The van der Waals surface area contributed by atoms with Crippen molar-refractivity contribution >= 4 is 38.9 Å². The van der Waals surface area contributed by atoms with Gasteiger partial charge in [-0.15, -0.1) is 0 Å². The number of nitro benzene ring substituents is 1. The van der Waals surface area contributed by atoms with E-state index in [2.05, 4.69) is 5.32 Å². The van der Waals surface area contributed by atoms with E-state index in [1.54, 1.807) is 24.3 Å². The van der Waals surface area contributed by atoms with Gasteiger partial charge in [-0.2, -0.15) is 0 Å². The average molecular weight is 366 g/mol. The predicted molar refractivity (Wildman–Crippen MR) is 91.1 cm³/mol. The van der Waals surface area contributed by atoms with Crippen molar-refractivity contribution in [1.29, 1.82) is 0 Å². The summed E-state index contributed by atoms with van der Waals surface area (Å²) in [5, 5.41) is 13.8. The van der Waals surface area contributed by atoms with Crippen LogP contribution in [0.5, 0.6) is 0 Å². The number of anilines is 1. The summed E-state index contributed by atoms with van der Waals surface area (Å²) in [6.07, 6.45) is 1.000. The van der Waals surface area contributed by atoms with Crippen LogP contribution in [0, 0.1) is 10.1 Å². The van der Waals surface area contributed by atoms with Gasteiger partial charge in [-0.1, -0.05) is 11.8 Å². The van der Waals surface area contributed by atoms with Gasteiger partial charge in [0.25, 0.3) is 5.69 Å². The molecule has 0 unspecified atom stereocenters. The first-order chi connectivity index (χ1) is 11.2. The van der Waals surface area contributed by atoms with E-state index in [9.17, 15) is 23.3 Å². The van der Waals surface area contributed by atoms with Gasteiger partial charge >= 0.3 is 0 Å². The fraction of sp³-hybridized carbons (Fsp3) is 0.133. The Labute approximate surface area is 143 Å². The summed E-state index contributed by atoms with van der Waals surface area (Å²) in [5.41, 5.74) is 0.350. The second kappa shape index (κ2) is 7.02. The van der Waals surface area contributed by atoms with Gasteiger partial charge in [0.1, 0.15) is 0 Å². The molecule has 2 rings (SSSR count). The molecule has 7 nitrogen and oxygen atoms in total. The minimum absolute atomic E-state index is 0.0976. The molecule has 24 heavy (non-hydrogen) atoms. The lowest BCUT2D eigenvalue weighted by Gasteiger charge is -2.06. The second-order valence-corrected chi connectivity index (χ2v) is 8.10. The lowest BCUT2D eigenvalue weighted by molar-refractivity contribution is -0.388. The van der Waals surface area contributed by atoms with Crippen LogP contribution in [0.1, 0.15) is 6.92 Å². The highest BCUT2D eigenvalue weighted by Crippen LogP contribution is 2.36. The molecule has 0 fully saturated rings. The van der Waals surface area contributed by atoms with Crippen LogP contribution in [0.15, 0.2) is 57.2 Å². The molecule has 0 saturated heterocycles. The van der Waals surface area contributed by atoms with E-state index in [1.165, 1.54) is 19.1 Å². The number of benzene rings is 2. The first kappa shape index (κ1) is 18.0. The van der Waals surface area contributed by atoms with Crippen LogP contribution in [0.3, 0.4) is 0 Å². The smallest absolute Gasteiger partial charge is 0.284 e. The minimum atomic E-state index is -3.52. The monoisotopic (exact) mass is 366 g/mol. The molecule has 2 aromatic carbocycles. The lowest BCUT2D eigenvalue weighted by Crippen LogP contribution is -2.05. The van der Waals surface area contributed by atoms with Gasteiger partial charge in [0, 0.05) is 29.8 Å². The summed E-state index contributed by atoms with van der Waals surface area (Å²) in [4.78, 5) is 22.5. The van der Waals surface area contributed by atoms with Crippen LogP contribution in [-0.4, -0.2) is 25.5 Å². The van der Waals surface area contributed by atoms with E-state index in [0.717, 1.165) is 29.0 Å². The van der Waals surface area contributed by atoms with Gasteiger partial charge in [0.2, 0.25) is 5.91 Å². The fourth-order valence-corrected chi connectivity index (χ4v) is 3.43. The topological polar surface area (TPSA) is 106 Å². The molecule has 0 aliphatic heterocycles. The molecular weight excluding hydrogens is 352 g/mol. The molecule has 2 aromatic rings. The van der Waals surface area contributed by atoms with E-state index >= 15 is 0 Å². The zero-order chi connectivity index (χ0) is 17.9. The van der Waals surface area contributed by atoms with Gasteiger partial charge in [0.15, 0.2) is 9.84 Å². The van der Waals surface area contributed by atoms with Crippen molar-refractivity contribution in [2.45, 2.75) is 21.6 Å². The number of carbonyl (C=O) groups excluding carboxylic acids is 1. The van der Waals surface area contributed by atoms with Crippen LogP contribution < -0.4 is 5.32 Å². The van der Waals surface area contributed by atoms with Crippen molar-refractivity contribution in [2.24, 2.45) is 0 Å². The maximum absolute atomic E-state index is 11.5. The average Bonchev–Trinajstić information content (AvgIpc) is 2.47. The van der Waals surface area contributed by atoms with Crippen LogP contribution in [0.25, 0.3) is 0 Å². The first-order valence-electron chi connectivity index (χ1n) is 6.71. The van der Waals surface area contributed by atoms with E-state index in [0.29, 0.717) is 10.6 Å². The Morgan fingerprint density at radius 1 is 1.17 bits per heavy atom. The van der Waals surface area contributed by atoms with Crippen molar-refractivity contribution in [3.63, 3.8) is 0 Å². The maximum atomic E-state index is 11.5. The van der Waals surface area contributed by atoms with Crippen molar-refractivity contribution in [2.75, 3.05) is 11.6 Å². The number of nitro groups is 1. The Morgan fingerprint density at radius 2 is 1.79 bits per heavy atom. The molecule has 0 aliphatic rings. The summed E-state index contributed by atoms with van der Waals surface area (Å²) < 4.78 is 23.1. The Kier molecular flexibility index (Phi) is 5.25. The predicted octanol–water partition coefficient (Wildman–Crippen LogP) is 3.11. The number of carbonyl (C=O) groups is 1. The molecule has 0 bridgehead atoms. The van der Waals surface area contributed by atoms with Crippen molar-refractivity contribution in [3.8, 4) is 0 Å². The summed E-state index contributed by atoms with van der Waals surface area (Å²) in [6, 6.07) is 10.6. The molecule has 0 atom stereocenters. The zero-order valence-electron chi connectivity index (χ0n) is 12.8. The largest absolute Gasteiger partial charge is 0.326 e. The third-order valence-corrected chi connectivity index (χ3v) is 5.14. The van der Waals surface area contributed by atoms with Crippen molar-refractivity contribution in [1.82, 2.24) is 0 Å². The Balaban J connectivity index is 2.32. The van der Waals surface area contributed by atoms with Crippen LogP contribution in [0.4, 0.5) is 11.4 Å². The minimum Gasteiger partial charge on any atom is -0.326 e. The van der Waals surface area contributed by atoms with Crippen LogP contribution in [-0.2, 0) is 14.6 Å². The molecule has 0 spiro atoms. The Morgan fingerprint density at radius 3 is 2.29 bits per heavy atom. The van der Waals surface area contributed by atoms with E-state index < -0.39 is 14.8 Å². The van der Waals surface area contributed by atoms with E-state index in [-0.39, 0.29) is 16.5 Å². The van der Waals surface area contributed by atoms with Gasteiger partial charge in [-0.25, -0.2) is 8.42 Å². The summed E-state index contributed by atoms with van der Waals surface area (Å²) in [6.45, 7) is 1.40. The van der Waals surface area contributed by atoms with Crippen molar-refractivity contribution in [3.05, 3.63) is 52.6 Å². The summed E-state index contributed by atoms with van der Waals surface area (Å²) >= 11 is 1.14. The second-order valence-electron chi connectivity index (χ2n) is 4.97. The molecular formula is C15H14N2O5S2. The van der Waals surface area contributed by atoms with Gasteiger partial charge in [-0.05, 0) is 36.4 Å². The Bertz CT molecular complexity index is 893. The number of rotatable bonds is 5. The van der Waals surface area contributed by atoms with E-state index in [4.69, 9.17) is 0 Å². The highest BCUT2D eigenvalue weighted by atomic mass is 32.2. The number of hydrogen-bond acceptors (Lipinski definition) is 6. The number of nitrogens with one attached hydrogen (secondary N) is 1. The quantitative estimate of drug-likeness (QED) is 0.644. The number of amides is 1. The molecule has 0 aliphatic carbocycles. The zero-order valence-corrected chi connectivity index (χ0v) is 14.5. The number of hydrogen-bond donors (Lipinski definition) is 1. The standard InChI is InChI=1S/C15H14N2O5S2/c1-10(18)16-11-3-5-12(6-4-11)23-15-8-7-13(24(2,21)22)9-14(15)17(19)20/h3-9H,1-2H3,(H,16,18). The van der Waals surface area contributed by atoms with E-state index in [1.807, 2.05) is 0 Å². The molecule has 0 radical (unpaired) electrons. The summed E-state index contributed by atoms with van der Waals surface area (Å²) in [7, 11) is -3.52. The lowest BCUT2D eigenvalue weighted by atomic mass is 10.3. The molecule has 0 saturated carbocycles. The normalized spacial score (nSPS) is 11.1. The highest BCUT2D eigenvalue weighted by molar-refractivity contribution is 7.99. The summed E-state index contributed by atoms with van der Waals surface area (Å²) in [5.74, 6) is -0.192. The molecule has 0 aromatic heterocycles. The van der Waals surface area contributed by atoms with Gasteiger partial charge in [-0.3, -0.25) is 14.9 Å². The third-order valence-electron chi connectivity index (χ3n) is 2.96. The van der Waals surface area contributed by atoms with Crippen LogP contribution >= 0.6 is 11.8 Å². The third kappa shape index (κ3) is 4.56. The molecule has 1 amide bonds. The van der Waals surface area contributed by atoms with Gasteiger partial charge < -0.3 is 5.32 Å². The van der Waals surface area contributed by atoms with Crippen molar-refractivity contribution < 1.29 is 18.1 Å². The number of sulfone groups is 1. The Hall–Kier alpha value is -2.39. The SMILES string of the molecule is CC(=O)Nc1ccc(Sc2ccc(S(C)(=O)=O)cc2[N+](=O)[O-])cc1. The maximum Gasteiger partial charge on any atom is 0.284 e. The molecule has 0 heterocycles. The number of nitrogens with zero attached hydrogens (tertiary/aromatic N) is 1.